The van der Waals surface area contributed by atoms with Crippen LogP contribution in [-0.4, -0.2) is 27.7 Å². The number of nitrogens with one attached hydrogen (secondary N) is 1. The molecule has 0 spiro atoms. The highest BCUT2D eigenvalue weighted by Crippen LogP contribution is 2.50. The average Bonchev–Trinajstić information content (AvgIpc) is 2.56. The Hall–Kier alpha value is -0.900. The van der Waals surface area contributed by atoms with Crippen molar-refractivity contribution < 1.29 is 26.5 Å². The molecule has 9 heteroatoms. The molecule has 0 bridgehead atoms. The zero-order valence-electron chi connectivity index (χ0n) is 13.1. The first-order valence-electron chi connectivity index (χ1n) is 6.93. The van der Waals surface area contributed by atoms with Gasteiger partial charge in [0.25, 0.3) is 0 Å². The second-order valence-electron chi connectivity index (χ2n) is 6.45. The molecule has 1 aromatic rings. The van der Waals surface area contributed by atoms with Gasteiger partial charge < -0.3 is 5.11 Å². The van der Waals surface area contributed by atoms with E-state index in [2.05, 4.69) is 4.72 Å². The molecule has 1 aliphatic heterocycles. The van der Waals surface area contributed by atoms with Crippen molar-refractivity contribution in [2.24, 2.45) is 0 Å². The summed E-state index contributed by atoms with van der Waals surface area (Å²) in [4.78, 5) is -0.581. The van der Waals surface area contributed by atoms with Crippen LogP contribution < -0.4 is 4.72 Å². The summed E-state index contributed by atoms with van der Waals surface area (Å²) in [5, 5.41) is 5.57. The van der Waals surface area contributed by atoms with E-state index in [4.69, 9.17) is 0 Å². The van der Waals surface area contributed by atoms with Crippen LogP contribution in [-0.2, 0) is 20.8 Å². The normalized spacial score (nSPS) is 24.9. The van der Waals surface area contributed by atoms with Crippen molar-refractivity contribution in [2.75, 3.05) is 0 Å². The number of hydrogen-bond donors (Lipinski definition) is 2. The summed E-state index contributed by atoms with van der Waals surface area (Å²) in [5.74, 6) is 0. The number of rotatable bonds is 3. The maximum absolute atomic E-state index is 13.9. The second kappa shape index (κ2) is 5.58. The third-order valence-corrected chi connectivity index (χ3v) is 7.20. The van der Waals surface area contributed by atoms with E-state index in [1.54, 1.807) is 27.7 Å². The minimum absolute atomic E-state index is 0.188. The molecule has 0 saturated carbocycles. The zero-order valence-corrected chi connectivity index (χ0v) is 14.8. The van der Waals surface area contributed by atoms with Gasteiger partial charge in [-0.15, -0.1) is 0 Å². The summed E-state index contributed by atoms with van der Waals surface area (Å²) in [7, 11) is -6.42. The van der Waals surface area contributed by atoms with Gasteiger partial charge in [0.1, 0.15) is 0 Å². The van der Waals surface area contributed by atoms with Crippen molar-refractivity contribution in [3.8, 4) is 0 Å². The first-order valence-corrected chi connectivity index (χ1v) is 9.56. The van der Waals surface area contributed by atoms with Gasteiger partial charge in [-0.3, -0.25) is 0 Å². The van der Waals surface area contributed by atoms with Crippen LogP contribution in [0.1, 0.15) is 51.0 Å². The van der Waals surface area contributed by atoms with E-state index in [0.717, 1.165) is 6.07 Å². The predicted molar refractivity (Wildman–Crippen MR) is 83.0 cm³/mol. The Labute approximate surface area is 136 Å². The quantitative estimate of drug-likeness (QED) is 0.858. The van der Waals surface area contributed by atoms with Crippen LogP contribution in [0.2, 0.25) is 0 Å². The molecule has 1 heterocycles. The van der Waals surface area contributed by atoms with Crippen LogP contribution in [0.4, 0.5) is 8.78 Å². The summed E-state index contributed by atoms with van der Waals surface area (Å²) in [6.07, 6.45) is -2.44. The highest BCUT2D eigenvalue weighted by molar-refractivity contribution is 7.92. The molecular weight excluding hydrogens is 348 g/mol. The molecular formula is C14H19F2NO4S2. The van der Waals surface area contributed by atoms with E-state index in [1.165, 1.54) is 12.1 Å². The van der Waals surface area contributed by atoms with Crippen LogP contribution in [0.25, 0.3) is 0 Å². The van der Waals surface area contributed by atoms with E-state index in [1.807, 2.05) is 0 Å². The highest BCUT2D eigenvalue weighted by atomic mass is 32.2. The lowest BCUT2D eigenvalue weighted by atomic mass is 9.98. The van der Waals surface area contributed by atoms with Gasteiger partial charge in [0.2, 0.25) is 9.84 Å². The lowest BCUT2D eigenvalue weighted by Crippen LogP contribution is -2.35. The summed E-state index contributed by atoms with van der Waals surface area (Å²) in [6.45, 7) is 6.80. The molecule has 0 unspecified atom stereocenters. The van der Waals surface area contributed by atoms with Crippen LogP contribution in [0, 0.1) is 0 Å². The van der Waals surface area contributed by atoms with Crippen molar-refractivity contribution in [2.45, 2.75) is 54.7 Å². The molecule has 0 radical (unpaired) electrons. The highest BCUT2D eigenvalue weighted by Gasteiger charge is 2.61. The Balaban J connectivity index is 2.50. The molecule has 0 aliphatic carbocycles. The number of fused-ring (bicyclic) bond motifs is 1. The maximum atomic E-state index is 13.9. The van der Waals surface area contributed by atoms with Crippen molar-refractivity contribution in [1.29, 1.82) is 0 Å². The fourth-order valence-electron chi connectivity index (χ4n) is 2.33. The lowest BCUT2D eigenvalue weighted by molar-refractivity contribution is -0.0380. The van der Waals surface area contributed by atoms with Gasteiger partial charge in [-0.25, -0.2) is 17.3 Å². The third-order valence-electron chi connectivity index (χ3n) is 3.65. The van der Waals surface area contributed by atoms with Gasteiger partial charge in [-0.2, -0.15) is 8.78 Å². The van der Waals surface area contributed by atoms with Crippen molar-refractivity contribution >= 4 is 20.8 Å². The fraction of sp³-hybridized carbons (Fsp3) is 0.571. The van der Waals surface area contributed by atoms with E-state index < -0.39 is 47.9 Å². The zero-order chi connectivity index (χ0) is 17.8. The lowest BCUT2D eigenvalue weighted by Gasteiger charge is -2.24. The van der Waals surface area contributed by atoms with Gasteiger partial charge in [0.05, 0.1) is 20.6 Å². The molecule has 2 rings (SSSR count). The van der Waals surface area contributed by atoms with E-state index in [-0.39, 0.29) is 11.1 Å². The number of halogens is 2. The third kappa shape index (κ3) is 2.84. The molecule has 0 fully saturated rings. The maximum Gasteiger partial charge on any atom is 0.379 e. The molecule has 130 valence electrons. The molecule has 23 heavy (non-hydrogen) atoms. The molecule has 1 aliphatic rings. The number of aliphatic hydroxyl groups is 1. The van der Waals surface area contributed by atoms with Gasteiger partial charge in [-0.05, 0) is 39.3 Å². The largest absolute Gasteiger partial charge is 0.381 e. The van der Waals surface area contributed by atoms with Crippen LogP contribution >= 0.6 is 0 Å². The van der Waals surface area contributed by atoms with Gasteiger partial charge >= 0.3 is 5.25 Å². The van der Waals surface area contributed by atoms with Gasteiger partial charge in [0.15, 0.2) is 6.10 Å². The monoisotopic (exact) mass is 367 g/mol. The fourth-order valence-corrected chi connectivity index (χ4v) is 4.61. The Morgan fingerprint density at radius 3 is 2.43 bits per heavy atom. The molecule has 1 aromatic carbocycles. The summed E-state index contributed by atoms with van der Waals surface area (Å²) in [5.41, 5.74) is -0.142. The molecule has 2 N–H and O–H groups in total. The second-order valence-corrected chi connectivity index (χ2v) is 10.4. The van der Waals surface area contributed by atoms with Crippen LogP contribution in [0.3, 0.4) is 0 Å². The number of aliphatic hydroxyl groups excluding tert-OH is 1. The van der Waals surface area contributed by atoms with E-state index >= 15 is 0 Å². The Morgan fingerprint density at radius 2 is 1.91 bits per heavy atom. The molecule has 5 nitrogen and oxygen atoms in total. The average molecular weight is 367 g/mol. The van der Waals surface area contributed by atoms with Gasteiger partial charge in [-0.1, -0.05) is 12.1 Å². The minimum atomic E-state index is -4.93. The topological polar surface area (TPSA) is 83.5 Å². The first-order chi connectivity index (χ1) is 10.3. The first kappa shape index (κ1) is 18.4. The van der Waals surface area contributed by atoms with Crippen LogP contribution in [0.5, 0.6) is 0 Å². The van der Waals surface area contributed by atoms with Crippen LogP contribution in [0.15, 0.2) is 23.1 Å². The molecule has 0 aromatic heterocycles. The standard InChI is InChI=1S/C14H19F2NO4S2/c1-8(17-22(19)13(2,3)4)9-6-5-7-10-11(9)12(18)14(15,16)23(10,20)21/h5-8,12,17-18H,1-4H3/t8-,12-,22+/m1/s1. The number of benzene rings is 1. The SMILES string of the molecule is C[C@@H](N[S@@](=O)C(C)(C)C)c1cccc2c1[C@@H](O)C(F)(F)S2(=O)=O. The molecule has 0 amide bonds. The Kier molecular flexibility index (Phi) is 4.47. The summed E-state index contributed by atoms with van der Waals surface area (Å²) < 4.78 is 65.9. The predicted octanol–water partition coefficient (Wildman–Crippen LogP) is 2.21. The minimum Gasteiger partial charge on any atom is -0.381 e. The number of alkyl halides is 2. The smallest absolute Gasteiger partial charge is 0.379 e. The number of hydrogen-bond acceptors (Lipinski definition) is 4. The van der Waals surface area contributed by atoms with Crippen molar-refractivity contribution in [1.82, 2.24) is 4.72 Å². The Bertz CT molecular complexity index is 757. The molecule has 0 saturated heterocycles. The van der Waals surface area contributed by atoms with E-state index in [9.17, 15) is 26.5 Å². The number of sulfone groups is 1. The Morgan fingerprint density at radius 1 is 1.35 bits per heavy atom. The van der Waals surface area contributed by atoms with Crippen molar-refractivity contribution in [3.63, 3.8) is 0 Å². The summed E-state index contributed by atoms with van der Waals surface area (Å²) in [6, 6.07) is 3.14. The molecule has 3 atom stereocenters. The summed E-state index contributed by atoms with van der Waals surface area (Å²) >= 11 is 0. The van der Waals surface area contributed by atoms with Gasteiger partial charge in [0, 0.05) is 11.6 Å². The van der Waals surface area contributed by atoms with E-state index in [0.29, 0.717) is 0 Å². The van der Waals surface area contributed by atoms with Crippen molar-refractivity contribution in [3.05, 3.63) is 29.3 Å².